The normalized spacial score (nSPS) is 15.4. The van der Waals surface area contributed by atoms with Crippen LogP contribution in [0.25, 0.3) is 27.9 Å². The highest BCUT2D eigenvalue weighted by molar-refractivity contribution is 6.30. The quantitative estimate of drug-likeness (QED) is 0.321. The van der Waals surface area contributed by atoms with Crippen molar-refractivity contribution in [2.45, 2.75) is 12.8 Å². The molecule has 0 unspecified atom stereocenters. The average molecular weight is 371 g/mol. The van der Waals surface area contributed by atoms with Crippen LogP contribution >= 0.6 is 11.6 Å². The number of carbonyl (C=O) groups excluding carboxylic acids is 1. The van der Waals surface area contributed by atoms with E-state index in [0.29, 0.717) is 17.0 Å². The molecule has 0 saturated heterocycles. The van der Waals surface area contributed by atoms with Gasteiger partial charge >= 0.3 is 0 Å². The van der Waals surface area contributed by atoms with Gasteiger partial charge in [-0.15, -0.1) is 0 Å². The van der Waals surface area contributed by atoms with E-state index < -0.39 is 0 Å². The molecular weight excluding hydrogens is 356 g/mol. The van der Waals surface area contributed by atoms with Crippen LogP contribution in [0.3, 0.4) is 0 Å². The van der Waals surface area contributed by atoms with Gasteiger partial charge in [-0.25, -0.2) is 0 Å². The van der Waals surface area contributed by atoms with Gasteiger partial charge in [0.1, 0.15) is 0 Å². The van der Waals surface area contributed by atoms with Crippen molar-refractivity contribution in [3.8, 4) is 0 Å². The molecule has 3 nitrogen and oxygen atoms in total. The van der Waals surface area contributed by atoms with E-state index in [9.17, 15) is 4.79 Å². The van der Waals surface area contributed by atoms with E-state index in [-0.39, 0.29) is 5.78 Å². The number of nitrogens with zero attached hydrogens (tertiary/aromatic N) is 2. The molecule has 2 aromatic carbocycles. The Hall–Kier alpha value is -3.04. The fraction of sp³-hybridized carbons (Fsp3) is 0.0870. The van der Waals surface area contributed by atoms with Crippen molar-refractivity contribution in [3.05, 3.63) is 88.2 Å². The molecular formula is C23H15ClN2O. The van der Waals surface area contributed by atoms with Gasteiger partial charge in [0.05, 0.1) is 11.0 Å². The molecule has 0 amide bonds. The highest BCUT2D eigenvalue weighted by atomic mass is 35.5. The average Bonchev–Trinajstić information content (AvgIpc) is 2.71. The second kappa shape index (κ2) is 6.29. The highest BCUT2D eigenvalue weighted by Gasteiger charge is 2.25. The van der Waals surface area contributed by atoms with Crippen LogP contribution < -0.4 is 0 Å². The molecule has 0 aliphatic heterocycles. The number of pyridine rings is 2. The van der Waals surface area contributed by atoms with Gasteiger partial charge < -0.3 is 0 Å². The minimum Gasteiger partial charge on any atom is -0.289 e. The van der Waals surface area contributed by atoms with Gasteiger partial charge in [0, 0.05) is 39.3 Å². The van der Waals surface area contributed by atoms with Crippen LogP contribution in [-0.4, -0.2) is 15.8 Å². The standard InChI is InChI=1S/C23H15ClN2O/c24-16-6-3-14(4-7-16)12-15-5-8-17-19(23(15)27)13-26-21-10-9-20-18(22(17)21)2-1-11-25-20/h1-4,6-7,9-13H,5,8H2/b15-12+. The topological polar surface area (TPSA) is 42.9 Å². The fourth-order valence-electron chi connectivity index (χ4n) is 3.81. The number of halogens is 1. The monoisotopic (exact) mass is 370 g/mol. The molecule has 0 saturated carbocycles. The summed E-state index contributed by atoms with van der Waals surface area (Å²) in [5.41, 5.74) is 5.41. The van der Waals surface area contributed by atoms with Gasteiger partial charge in [-0.05, 0) is 60.4 Å². The summed E-state index contributed by atoms with van der Waals surface area (Å²) in [5, 5.41) is 2.79. The molecule has 130 valence electrons. The van der Waals surface area contributed by atoms with Crippen LogP contribution in [0.4, 0.5) is 0 Å². The molecule has 4 heteroatoms. The van der Waals surface area contributed by atoms with Crippen LogP contribution in [0.1, 0.15) is 27.9 Å². The van der Waals surface area contributed by atoms with Gasteiger partial charge in [-0.2, -0.15) is 0 Å². The zero-order chi connectivity index (χ0) is 18.4. The summed E-state index contributed by atoms with van der Waals surface area (Å²) in [6, 6.07) is 15.5. The summed E-state index contributed by atoms with van der Waals surface area (Å²) < 4.78 is 0. The molecule has 4 aromatic rings. The molecule has 2 aromatic heterocycles. The number of ketones is 1. The third kappa shape index (κ3) is 2.71. The Bertz CT molecular complexity index is 1240. The lowest BCUT2D eigenvalue weighted by molar-refractivity contribution is 0.102. The Labute approximate surface area is 161 Å². The third-order valence-corrected chi connectivity index (χ3v) is 5.37. The number of benzene rings is 2. The first kappa shape index (κ1) is 16.2. The molecule has 0 spiro atoms. The van der Waals surface area contributed by atoms with E-state index in [1.54, 1.807) is 12.4 Å². The summed E-state index contributed by atoms with van der Waals surface area (Å²) in [6.45, 7) is 0. The van der Waals surface area contributed by atoms with Crippen molar-refractivity contribution in [2.24, 2.45) is 0 Å². The maximum Gasteiger partial charge on any atom is 0.190 e. The summed E-state index contributed by atoms with van der Waals surface area (Å²) in [5.74, 6) is 0.0569. The van der Waals surface area contributed by atoms with Gasteiger partial charge in [0.25, 0.3) is 0 Å². The van der Waals surface area contributed by atoms with Crippen molar-refractivity contribution in [1.29, 1.82) is 0 Å². The molecule has 0 radical (unpaired) electrons. The molecule has 1 aliphatic carbocycles. The van der Waals surface area contributed by atoms with Gasteiger partial charge in [-0.3, -0.25) is 14.8 Å². The molecule has 2 heterocycles. The Kier molecular flexibility index (Phi) is 3.76. The van der Waals surface area contributed by atoms with Crippen molar-refractivity contribution in [2.75, 3.05) is 0 Å². The first-order valence-corrected chi connectivity index (χ1v) is 9.25. The van der Waals surface area contributed by atoms with Crippen molar-refractivity contribution in [1.82, 2.24) is 9.97 Å². The summed E-state index contributed by atoms with van der Waals surface area (Å²) >= 11 is 5.95. The highest BCUT2D eigenvalue weighted by Crippen LogP contribution is 2.34. The second-order valence-corrected chi connectivity index (χ2v) is 7.17. The minimum absolute atomic E-state index is 0.0569. The van der Waals surface area contributed by atoms with Crippen LogP contribution in [0, 0.1) is 0 Å². The molecule has 0 atom stereocenters. The van der Waals surface area contributed by atoms with Gasteiger partial charge in [-0.1, -0.05) is 29.8 Å². The molecule has 27 heavy (non-hydrogen) atoms. The summed E-state index contributed by atoms with van der Waals surface area (Å²) in [7, 11) is 0. The Morgan fingerprint density at radius 1 is 0.926 bits per heavy atom. The first-order chi connectivity index (χ1) is 13.2. The maximum absolute atomic E-state index is 13.1. The maximum atomic E-state index is 13.1. The van der Waals surface area contributed by atoms with Crippen LogP contribution in [-0.2, 0) is 6.42 Å². The van der Waals surface area contributed by atoms with Crippen LogP contribution in [0.2, 0.25) is 5.02 Å². The van der Waals surface area contributed by atoms with E-state index in [1.807, 2.05) is 48.5 Å². The van der Waals surface area contributed by atoms with Crippen LogP contribution in [0.15, 0.2) is 66.5 Å². The number of hydrogen-bond acceptors (Lipinski definition) is 3. The van der Waals surface area contributed by atoms with E-state index >= 15 is 0 Å². The molecule has 0 bridgehead atoms. The Morgan fingerprint density at radius 2 is 1.74 bits per heavy atom. The molecule has 1 aliphatic rings. The Morgan fingerprint density at radius 3 is 2.59 bits per heavy atom. The number of aryl methyl sites for hydroxylation is 1. The lowest BCUT2D eigenvalue weighted by atomic mass is 9.84. The van der Waals surface area contributed by atoms with Crippen molar-refractivity contribution >= 4 is 45.3 Å². The van der Waals surface area contributed by atoms with Crippen LogP contribution in [0.5, 0.6) is 0 Å². The zero-order valence-electron chi connectivity index (χ0n) is 14.4. The smallest absolute Gasteiger partial charge is 0.190 e. The number of aromatic nitrogens is 2. The SMILES string of the molecule is O=C1/C(=C/c2ccc(Cl)cc2)CCc2c1cnc1ccc3ncccc3c21. The summed E-state index contributed by atoms with van der Waals surface area (Å²) in [4.78, 5) is 22.1. The zero-order valence-corrected chi connectivity index (χ0v) is 15.2. The number of Topliss-reactive ketones (excluding diaryl/α,β-unsaturated/α-hetero) is 1. The van der Waals surface area contributed by atoms with Crippen molar-refractivity contribution < 1.29 is 4.79 Å². The number of allylic oxidation sites excluding steroid dienone is 1. The van der Waals surface area contributed by atoms with E-state index in [1.165, 1.54) is 0 Å². The number of hydrogen-bond donors (Lipinski definition) is 0. The van der Waals surface area contributed by atoms with E-state index in [0.717, 1.165) is 44.9 Å². The summed E-state index contributed by atoms with van der Waals surface area (Å²) in [6.07, 6.45) is 6.99. The number of carbonyl (C=O) groups is 1. The van der Waals surface area contributed by atoms with Gasteiger partial charge in [0.2, 0.25) is 0 Å². The van der Waals surface area contributed by atoms with E-state index in [2.05, 4.69) is 16.0 Å². The number of fused-ring (bicyclic) bond motifs is 5. The minimum atomic E-state index is 0.0569. The Balaban J connectivity index is 1.67. The first-order valence-electron chi connectivity index (χ1n) is 8.87. The van der Waals surface area contributed by atoms with Gasteiger partial charge in [0.15, 0.2) is 5.78 Å². The predicted molar refractivity (Wildman–Crippen MR) is 109 cm³/mol. The molecule has 0 fully saturated rings. The lowest BCUT2D eigenvalue weighted by Crippen LogP contribution is -2.15. The number of rotatable bonds is 1. The predicted octanol–water partition coefficient (Wildman–Crippen LogP) is 5.65. The lowest BCUT2D eigenvalue weighted by Gasteiger charge is -2.20. The largest absolute Gasteiger partial charge is 0.289 e. The second-order valence-electron chi connectivity index (χ2n) is 6.73. The molecule has 0 N–H and O–H groups in total. The molecule has 5 rings (SSSR count). The van der Waals surface area contributed by atoms with Crippen molar-refractivity contribution in [3.63, 3.8) is 0 Å². The third-order valence-electron chi connectivity index (χ3n) is 5.11. The van der Waals surface area contributed by atoms with E-state index in [4.69, 9.17) is 11.6 Å². The fourth-order valence-corrected chi connectivity index (χ4v) is 3.94.